The Morgan fingerprint density at radius 3 is 1.80 bits per heavy atom. The quantitative estimate of drug-likeness (QED) is 0.145. The van der Waals surface area contributed by atoms with E-state index in [1.54, 1.807) is 0 Å². The minimum Gasteiger partial charge on any atom is -0.258 e. The maximum absolute atomic E-state index is 12.3. The van der Waals surface area contributed by atoms with Crippen LogP contribution >= 0.6 is 11.6 Å². The van der Waals surface area contributed by atoms with Gasteiger partial charge in [0.1, 0.15) is 5.02 Å². The summed E-state index contributed by atoms with van der Waals surface area (Å²) >= 11 is 5.73. The second kappa shape index (κ2) is 15.6. The summed E-state index contributed by atoms with van der Waals surface area (Å²) in [6, 6.07) is 3.51. The Hall–Kier alpha value is -1.18. The van der Waals surface area contributed by atoms with Gasteiger partial charge >= 0.3 is 0 Å². The van der Waals surface area contributed by atoms with E-state index in [1.807, 2.05) is 0 Å². The molecule has 0 radical (unpaired) electrons. The molecule has 0 aliphatic carbocycles. The molecule has 30 heavy (non-hydrogen) atoms. The maximum atomic E-state index is 12.3. The number of benzene rings is 1. The molecule has 172 valence electrons. The monoisotopic (exact) mass is 460 g/mol. The van der Waals surface area contributed by atoms with Crippen LogP contribution in [-0.4, -0.2) is 19.9 Å². The van der Waals surface area contributed by atoms with E-state index in [9.17, 15) is 18.5 Å². The summed E-state index contributed by atoms with van der Waals surface area (Å²) in [5, 5.41) is 10.8. The van der Waals surface area contributed by atoms with Crippen molar-refractivity contribution in [1.82, 2.24) is 4.72 Å². The Kier molecular flexibility index (Phi) is 14.0. The number of nitrogens with one attached hydrogen (secondary N) is 1. The molecule has 0 aromatic heterocycles. The van der Waals surface area contributed by atoms with Gasteiger partial charge in [0.25, 0.3) is 5.69 Å². The molecule has 8 heteroatoms. The third-order valence-corrected chi connectivity index (χ3v) is 7.03. The van der Waals surface area contributed by atoms with Gasteiger partial charge in [0.15, 0.2) is 0 Å². The van der Waals surface area contributed by atoms with E-state index in [0.29, 0.717) is 6.54 Å². The molecular weight excluding hydrogens is 424 g/mol. The van der Waals surface area contributed by atoms with Crippen LogP contribution in [0.3, 0.4) is 0 Å². The average Bonchev–Trinajstić information content (AvgIpc) is 2.70. The fourth-order valence-electron chi connectivity index (χ4n) is 3.41. The molecule has 0 unspecified atom stereocenters. The van der Waals surface area contributed by atoms with Crippen LogP contribution in [0, 0.1) is 10.1 Å². The molecular formula is C22H37ClN2O4S. The number of nitro benzene ring substituents is 1. The molecule has 1 N–H and O–H groups in total. The number of hydrogen-bond donors (Lipinski definition) is 1. The van der Waals surface area contributed by atoms with Crippen LogP contribution in [0.5, 0.6) is 0 Å². The third-order valence-electron chi connectivity index (χ3n) is 5.25. The SMILES string of the molecule is CCCCCCCCCCCCCCCCNS(=O)(=O)c1ccc(Cl)c([N+](=O)[O-])c1. The van der Waals surface area contributed by atoms with Gasteiger partial charge in [-0.2, -0.15) is 0 Å². The van der Waals surface area contributed by atoms with Gasteiger partial charge in [-0.15, -0.1) is 0 Å². The Bertz CT molecular complexity index is 726. The van der Waals surface area contributed by atoms with Gasteiger partial charge in [0.2, 0.25) is 10.0 Å². The fraction of sp³-hybridized carbons (Fsp3) is 0.727. The first-order chi connectivity index (χ1) is 14.4. The van der Waals surface area contributed by atoms with Gasteiger partial charge in [-0.1, -0.05) is 102 Å². The van der Waals surface area contributed by atoms with E-state index >= 15 is 0 Å². The predicted octanol–water partition coefficient (Wildman–Crippen LogP) is 7.01. The minimum atomic E-state index is -3.76. The molecule has 0 amide bonds. The highest BCUT2D eigenvalue weighted by Gasteiger charge is 2.20. The minimum absolute atomic E-state index is 0.0778. The first-order valence-electron chi connectivity index (χ1n) is 11.3. The molecule has 0 atom stereocenters. The van der Waals surface area contributed by atoms with Crippen LogP contribution in [0.1, 0.15) is 96.8 Å². The van der Waals surface area contributed by atoms with E-state index in [0.717, 1.165) is 25.3 Å². The largest absolute Gasteiger partial charge is 0.289 e. The van der Waals surface area contributed by atoms with Crippen LogP contribution in [0.25, 0.3) is 0 Å². The van der Waals surface area contributed by atoms with Crippen LogP contribution < -0.4 is 4.72 Å². The number of unbranched alkanes of at least 4 members (excludes halogenated alkanes) is 13. The lowest BCUT2D eigenvalue weighted by Crippen LogP contribution is -2.24. The smallest absolute Gasteiger partial charge is 0.258 e. The van der Waals surface area contributed by atoms with Crippen molar-refractivity contribution >= 4 is 27.3 Å². The predicted molar refractivity (Wildman–Crippen MR) is 124 cm³/mol. The van der Waals surface area contributed by atoms with E-state index in [-0.39, 0.29) is 9.92 Å². The molecule has 1 aromatic rings. The summed E-state index contributed by atoms with van der Waals surface area (Å²) < 4.78 is 27.1. The number of rotatable bonds is 18. The van der Waals surface area contributed by atoms with E-state index in [4.69, 9.17) is 11.6 Å². The Labute approximate surface area is 187 Å². The summed E-state index contributed by atoms with van der Waals surface area (Å²) in [6.45, 7) is 2.58. The molecule has 0 saturated heterocycles. The van der Waals surface area contributed by atoms with Crippen molar-refractivity contribution in [2.45, 2.75) is 102 Å². The van der Waals surface area contributed by atoms with Crippen LogP contribution in [0.15, 0.2) is 23.1 Å². The lowest BCUT2D eigenvalue weighted by molar-refractivity contribution is -0.384. The average molecular weight is 461 g/mol. The van der Waals surface area contributed by atoms with Crippen molar-refractivity contribution in [3.05, 3.63) is 33.3 Å². The fourth-order valence-corrected chi connectivity index (χ4v) is 4.69. The summed E-state index contributed by atoms with van der Waals surface area (Å²) in [4.78, 5) is 10.1. The van der Waals surface area contributed by atoms with Gasteiger partial charge in [0.05, 0.1) is 9.82 Å². The molecule has 0 heterocycles. The van der Waals surface area contributed by atoms with E-state index in [1.165, 1.54) is 82.8 Å². The second-order valence-corrected chi connectivity index (χ2v) is 10.0. The van der Waals surface area contributed by atoms with E-state index < -0.39 is 20.6 Å². The maximum Gasteiger partial charge on any atom is 0.289 e. The number of nitrogens with zero attached hydrogens (tertiary/aromatic N) is 1. The van der Waals surface area contributed by atoms with Gasteiger partial charge < -0.3 is 0 Å². The molecule has 0 saturated carbocycles. The van der Waals surface area contributed by atoms with E-state index in [2.05, 4.69) is 11.6 Å². The first-order valence-corrected chi connectivity index (χ1v) is 13.2. The Morgan fingerprint density at radius 2 is 1.33 bits per heavy atom. The third kappa shape index (κ3) is 11.3. The zero-order chi connectivity index (χ0) is 22.2. The van der Waals surface area contributed by atoms with Crippen LogP contribution in [-0.2, 0) is 10.0 Å². The Morgan fingerprint density at radius 1 is 0.867 bits per heavy atom. The molecule has 0 spiro atoms. The van der Waals surface area contributed by atoms with Crippen molar-refractivity contribution in [2.24, 2.45) is 0 Å². The van der Waals surface area contributed by atoms with Crippen molar-refractivity contribution in [3.8, 4) is 0 Å². The topological polar surface area (TPSA) is 89.3 Å². The molecule has 1 aromatic carbocycles. The summed E-state index contributed by atoms with van der Waals surface area (Å²) in [5.74, 6) is 0. The van der Waals surface area contributed by atoms with Crippen molar-refractivity contribution < 1.29 is 13.3 Å². The number of nitro groups is 1. The zero-order valence-electron chi connectivity index (χ0n) is 18.2. The normalized spacial score (nSPS) is 11.7. The lowest BCUT2D eigenvalue weighted by Gasteiger charge is -2.07. The van der Waals surface area contributed by atoms with Gasteiger partial charge in [-0.3, -0.25) is 10.1 Å². The molecule has 0 aliphatic heterocycles. The van der Waals surface area contributed by atoms with Crippen molar-refractivity contribution in [2.75, 3.05) is 6.54 Å². The number of hydrogen-bond acceptors (Lipinski definition) is 4. The highest BCUT2D eigenvalue weighted by molar-refractivity contribution is 7.89. The van der Waals surface area contributed by atoms with Gasteiger partial charge in [-0.05, 0) is 18.6 Å². The summed E-state index contributed by atoms with van der Waals surface area (Å²) in [6.07, 6.45) is 17.4. The van der Waals surface area contributed by atoms with Crippen molar-refractivity contribution in [1.29, 1.82) is 0 Å². The van der Waals surface area contributed by atoms with Gasteiger partial charge in [0, 0.05) is 12.6 Å². The molecule has 1 rings (SSSR count). The van der Waals surface area contributed by atoms with Crippen LogP contribution in [0.2, 0.25) is 5.02 Å². The van der Waals surface area contributed by atoms with Crippen LogP contribution in [0.4, 0.5) is 5.69 Å². The Balaban J connectivity index is 2.07. The summed E-state index contributed by atoms with van der Waals surface area (Å²) in [7, 11) is -3.76. The molecule has 0 bridgehead atoms. The van der Waals surface area contributed by atoms with Crippen molar-refractivity contribution in [3.63, 3.8) is 0 Å². The molecule has 0 aliphatic rings. The number of sulfonamides is 1. The second-order valence-electron chi connectivity index (χ2n) is 7.86. The molecule has 0 fully saturated rings. The number of halogens is 1. The summed E-state index contributed by atoms with van der Waals surface area (Å²) in [5.41, 5.74) is -0.406. The highest BCUT2D eigenvalue weighted by atomic mass is 35.5. The zero-order valence-corrected chi connectivity index (χ0v) is 19.8. The standard InChI is InChI=1S/C22H37ClN2O4S/c1-2-3-4-5-6-7-8-9-10-11-12-13-14-15-18-24-30(28,29)20-16-17-21(23)22(19-20)25(26)27/h16-17,19,24H,2-15,18H2,1H3. The first kappa shape index (κ1) is 26.9. The van der Waals surface area contributed by atoms with Gasteiger partial charge in [-0.25, -0.2) is 13.1 Å². The lowest BCUT2D eigenvalue weighted by atomic mass is 10.0. The highest BCUT2D eigenvalue weighted by Crippen LogP contribution is 2.27. The molecule has 6 nitrogen and oxygen atoms in total.